The van der Waals surface area contributed by atoms with Crippen molar-refractivity contribution >= 4 is 11.8 Å². The Morgan fingerprint density at radius 3 is 2.68 bits per heavy atom. The van der Waals surface area contributed by atoms with Gasteiger partial charge in [-0.25, -0.2) is 0 Å². The van der Waals surface area contributed by atoms with Crippen LogP contribution < -0.4 is 5.32 Å². The van der Waals surface area contributed by atoms with Crippen molar-refractivity contribution in [2.75, 3.05) is 12.8 Å². The number of fused-ring (bicyclic) bond motifs is 1. The third kappa shape index (κ3) is 2.70. The van der Waals surface area contributed by atoms with E-state index in [1.807, 2.05) is 11.8 Å². The van der Waals surface area contributed by atoms with Crippen LogP contribution in [0.25, 0.3) is 11.1 Å². The molecule has 0 aliphatic carbocycles. The van der Waals surface area contributed by atoms with Gasteiger partial charge in [0.1, 0.15) is 0 Å². The first kappa shape index (κ1) is 12.8. The molecule has 1 atom stereocenters. The van der Waals surface area contributed by atoms with Gasteiger partial charge in [0.2, 0.25) is 0 Å². The third-order valence-corrected chi connectivity index (χ3v) is 4.82. The predicted molar refractivity (Wildman–Crippen MR) is 84.5 cm³/mol. The minimum absolute atomic E-state index is 0.494. The van der Waals surface area contributed by atoms with Crippen molar-refractivity contribution in [3.05, 3.63) is 59.7 Å². The quantitative estimate of drug-likeness (QED) is 0.874. The molecule has 0 radical (unpaired) electrons. The maximum Gasteiger partial charge on any atom is 0.0328 e. The van der Waals surface area contributed by atoms with Crippen molar-refractivity contribution in [2.24, 2.45) is 0 Å². The molecule has 0 amide bonds. The second-order valence-electron chi connectivity index (χ2n) is 4.96. The lowest BCUT2D eigenvalue weighted by Gasteiger charge is -2.17. The van der Waals surface area contributed by atoms with E-state index in [0.29, 0.717) is 6.04 Å². The van der Waals surface area contributed by atoms with Gasteiger partial charge in [-0.05, 0) is 47.5 Å². The Morgan fingerprint density at radius 2 is 1.89 bits per heavy atom. The minimum Gasteiger partial charge on any atom is -0.313 e. The van der Waals surface area contributed by atoms with E-state index in [4.69, 9.17) is 0 Å². The van der Waals surface area contributed by atoms with Crippen LogP contribution in [-0.4, -0.2) is 12.8 Å². The molecule has 0 saturated heterocycles. The van der Waals surface area contributed by atoms with Crippen LogP contribution in [0.15, 0.2) is 48.5 Å². The van der Waals surface area contributed by atoms with E-state index in [0.717, 1.165) is 5.75 Å². The van der Waals surface area contributed by atoms with Gasteiger partial charge in [-0.1, -0.05) is 42.5 Å². The van der Waals surface area contributed by atoms with Gasteiger partial charge in [-0.2, -0.15) is 11.8 Å². The van der Waals surface area contributed by atoms with E-state index in [-0.39, 0.29) is 0 Å². The number of thioether (sulfide) groups is 1. The summed E-state index contributed by atoms with van der Waals surface area (Å²) in [6.07, 6.45) is 1.21. The van der Waals surface area contributed by atoms with Crippen LogP contribution in [0, 0.1) is 0 Å². The summed E-state index contributed by atoms with van der Waals surface area (Å²) in [4.78, 5) is 0. The van der Waals surface area contributed by atoms with E-state index < -0.39 is 0 Å². The zero-order valence-corrected chi connectivity index (χ0v) is 12.0. The molecule has 1 unspecified atom stereocenters. The highest BCUT2D eigenvalue weighted by Crippen LogP contribution is 2.33. The molecule has 1 heterocycles. The molecule has 2 aromatic rings. The predicted octanol–water partition coefficient (Wildman–Crippen LogP) is 4.25. The molecule has 3 rings (SSSR count). The summed E-state index contributed by atoms with van der Waals surface area (Å²) in [5, 5.41) is 3.47. The summed E-state index contributed by atoms with van der Waals surface area (Å²) in [5.74, 6) is 2.38. The van der Waals surface area contributed by atoms with Gasteiger partial charge in [-0.15, -0.1) is 0 Å². The molecule has 0 aromatic heterocycles. The molecule has 19 heavy (non-hydrogen) atoms. The second-order valence-corrected chi connectivity index (χ2v) is 6.07. The Kier molecular flexibility index (Phi) is 3.90. The van der Waals surface area contributed by atoms with Crippen LogP contribution in [0.3, 0.4) is 0 Å². The average molecular weight is 269 g/mol. The minimum atomic E-state index is 0.494. The molecule has 0 spiro atoms. The van der Waals surface area contributed by atoms with E-state index in [2.05, 4.69) is 60.9 Å². The summed E-state index contributed by atoms with van der Waals surface area (Å²) in [7, 11) is 2.07. The van der Waals surface area contributed by atoms with Crippen LogP contribution in [0.2, 0.25) is 0 Å². The fourth-order valence-corrected chi connectivity index (χ4v) is 3.73. The normalized spacial score (nSPS) is 18.7. The van der Waals surface area contributed by atoms with Crippen LogP contribution in [0.1, 0.15) is 23.6 Å². The smallest absolute Gasteiger partial charge is 0.0328 e. The molecule has 1 aliphatic heterocycles. The van der Waals surface area contributed by atoms with Crippen LogP contribution >= 0.6 is 11.8 Å². The molecule has 1 N–H and O–H groups in total. The van der Waals surface area contributed by atoms with Crippen molar-refractivity contribution < 1.29 is 0 Å². The van der Waals surface area contributed by atoms with Crippen LogP contribution in [0.5, 0.6) is 0 Å². The molecule has 2 heteroatoms. The van der Waals surface area contributed by atoms with E-state index >= 15 is 0 Å². The van der Waals surface area contributed by atoms with Crippen molar-refractivity contribution in [1.82, 2.24) is 5.32 Å². The number of nitrogens with one attached hydrogen (secondary N) is 1. The average Bonchev–Trinajstić information content (AvgIpc) is 2.69. The van der Waals surface area contributed by atoms with Gasteiger partial charge in [0.05, 0.1) is 0 Å². The zero-order valence-electron chi connectivity index (χ0n) is 11.2. The Labute approximate surface area is 119 Å². The van der Waals surface area contributed by atoms with E-state index in [9.17, 15) is 0 Å². The summed E-state index contributed by atoms with van der Waals surface area (Å²) in [6.45, 7) is 0. The SMILES string of the molecule is CNC1CCSCc2ccc(-c3ccccc3)cc21. The lowest BCUT2D eigenvalue weighted by atomic mass is 9.94. The summed E-state index contributed by atoms with van der Waals surface area (Å²) in [5.41, 5.74) is 5.60. The van der Waals surface area contributed by atoms with Crippen molar-refractivity contribution in [3.63, 3.8) is 0 Å². The molecule has 1 nitrogen and oxygen atoms in total. The van der Waals surface area contributed by atoms with Crippen molar-refractivity contribution in [1.29, 1.82) is 0 Å². The molecular weight excluding hydrogens is 250 g/mol. The molecular formula is C17H19NS. The molecule has 0 saturated carbocycles. The Hall–Kier alpha value is -1.25. The molecule has 2 aromatic carbocycles. The van der Waals surface area contributed by atoms with E-state index in [1.165, 1.54) is 34.4 Å². The van der Waals surface area contributed by atoms with E-state index in [1.54, 1.807) is 0 Å². The summed E-state index contributed by atoms with van der Waals surface area (Å²) < 4.78 is 0. The van der Waals surface area contributed by atoms with Crippen molar-refractivity contribution in [2.45, 2.75) is 18.2 Å². The first-order valence-corrected chi connectivity index (χ1v) is 7.97. The first-order chi connectivity index (χ1) is 9.38. The lowest BCUT2D eigenvalue weighted by Crippen LogP contribution is -2.17. The molecule has 1 aliphatic rings. The maximum atomic E-state index is 3.47. The monoisotopic (exact) mass is 269 g/mol. The van der Waals surface area contributed by atoms with Gasteiger partial charge in [0.15, 0.2) is 0 Å². The lowest BCUT2D eigenvalue weighted by molar-refractivity contribution is 0.581. The van der Waals surface area contributed by atoms with Gasteiger partial charge >= 0.3 is 0 Å². The van der Waals surface area contributed by atoms with Gasteiger partial charge in [-0.3, -0.25) is 0 Å². The topological polar surface area (TPSA) is 12.0 Å². The second kappa shape index (κ2) is 5.81. The first-order valence-electron chi connectivity index (χ1n) is 6.82. The Bertz CT molecular complexity index is 550. The Morgan fingerprint density at radius 1 is 1.05 bits per heavy atom. The van der Waals surface area contributed by atoms with Gasteiger partial charge in [0.25, 0.3) is 0 Å². The molecule has 0 fully saturated rings. The number of hydrogen-bond donors (Lipinski definition) is 1. The molecule has 98 valence electrons. The van der Waals surface area contributed by atoms with Crippen LogP contribution in [0.4, 0.5) is 0 Å². The van der Waals surface area contributed by atoms with Gasteiger partial charge in [0, 0.05) is 11.8 Å². The molecule has 0 bridgehead atoms. The van der Waals surface area contributed by atoms with Crippen LogP contribution in [-0.2, 0) is 5.75 Å². The Balaban J connectivity index is 2.04. The van der Waals surface area contributed by atoms with Gasteiger partial charge < -0.3 is 5.32 Å². The summed E-state index contributed by atoms with van der Waals surface area (Å²) in [6, 6.07) is 18.1. The highest BCUT2D eigenvalue weighted by atomic mass is 32.2. The van der Waals surface area contributed by atoms with Crippen molar-refractivity contribution in [3.8, 4) is 11.1 Å². The number of benzene rings is 2. The number of rotatable bonds is 2. The maximum absolute atomic E-state index is 3.47. The largest absolute Gasteiger partial charge is 0.313 e. The highest BCUT2D eigenvalue weighted by molar-refractivity contribution is 7.98. The zero-order chi connectivity index (χ0) is 13.1. The highest BCUT2D eigenvalue weighted by Gasteiger charge is 2.17. The number of hydrogen-bond acceptors (Lipinski definition) is 2. The standard InChI is InChI=1S/C17H19NS/c1-18-17-9-10-19-12-15-8-7-14(11-16(15)17)13-5-3-2-4-6-13/h2-8,11,17-18H,9-10,12H2,1H3. The third-order valence-electron chi connectivity index (χ3n) is 3.79. The fourth-order valence-electron chi connectivity index (χ4n) is 2.70. The summed E-state index contributed by atoms with van der Waals surface area (Å²) >= 11 is 2.04. The fraction of sp³-hybridized carbons (Fsp3) is 0.294.